The Labute approximate surface area is 157 Å². The van der Waals surface area contributed by atoms with Gasteiger partial charge in [0.25, 0.3) is 0 Å². The van der Waals surface area contributed by atoms with Crippen LogP contribution in [0.1, 0.15) is 50.6 Å². The highest BCUT2D eigenvalue weighted by atomic mass is 35.5. The van der Waals surface area contributed by atoms with Crippen LogP contribution in [0.15, 0.2) is 30.5 Å². The predicted molar refractivity (Wildman–Crippen MR) is 104 cm³/mol. The van der Waals surface area contributed by atoms with Crippen molar-refractivity contribution < 1.29 is 0 Å². The van der Waals surface area contributed by atoms with Gasteiger partial charge >= 0.3 is 0 Å². The van der Waals surface area contributed by atoms with Crippen molar-refractivity contribution in [1.29, 1.82) is 0 Å². The van der Waals surface area contributed by atoms with E-state index in [4.69, 9.17) is 0 Å². The van der Waals surface area contributed by atoms with Gasteiger partial charge in [-0.15, -0.1) is 17.5 Å². The molecule has 2 aromatic rings. The number of nitrogens with zero attached hydrogens (tertiary/aromatic N) is 4. The van der Waals surface area contributed by atoms with E-state index < -0.39 is 0 Å². The first kappa shape index (κ1) is 19.9. The highest BCUT2D eigenvalue weighted by molar-refractivity contribution is 5.85. The van der Waals surface area contributed by atoms with Crippen LogP contribution in [0, 0.1) is 0 Å². The van der Waals surface area contributed by atoms with E-state index >= 15 is 0 Å². The zero-order valence-corrected chi connectivity index (χ0v) is 16.5. The zero-order chi connectivity index (χ0) is 17.2. The van der Waals surface area contributed by atoms with Crippen LogP contribution < -0.4 is 5.32 Å². The van der Waals surface area contributed by atoms with E-state index in [1.165, 1.54) is 11.1 Å². The summed E-state index contributed by atoms with van der Waals surface area (Å²) in [5.74, 6) is 0. The average Bonchev–Trinajstić information content (AvgIpc) is 3.04. The van der Waals surface area contributed by atoms with E-state index in [0.717, 1.165) is 38.3 Å². The lowest BCUT2D eigenvalue weighted by Crippen LogP contribution is -2.45. The molecule has 1 aromatic carbocycles. The van der Waals surface area contributed by atoms with Crippen molar-refractivity contribution in [2.24, 2.45) is 0 Å². The van der Waals surface area contributed by atoms with Gasteiger partial charge in [0.15, 0.2) is 0 Å². The molecule has 5 nitrogen and oxygen atoms in total. The van der Waals surface area contributed by atoms with E-state index in [1.807, 2.05) is 4.68 Å². The monoisotopic (exact) mass is 363 g/mol. The van der Waals surface area contributed by atoms with Crippen molar-refractivity contribution in [2.75, 3.05) is 19.6 Å². The number of rotatable bonds is 4. The van der Waals surface area contributed by atoms with Gasteiger partial charge in [-0.1, -0.05) is 36.4 Å². The summed E-state index contributed by atoms with van der Waals surface area (Å²) in [4.78, 5) is 2.51. The largest absolute Gasteiger partial charge is 0.314 e. The Hall–Kier alpha value is -1.43. The number of nitrogens with one attached hydrogen (secondary N) is 1. The molecule has 0 amide bonds. The number of hydrogen-bond acceptors (Lipinski definition) is 4. The SMILES string of the molecule is CCc1ccc(C2CNCCN2Cc2cn(C(C)(C)C)nn2)cc1.Cl. The first-order valence-corrected chi connectivity index (χ1v) is 8.92. The van der Waals surface area contributed by atoms with Crippen LogP contribution >= 0.6 is 12.4 Å². The van der Waals surface area contributed by atoms with Crippen molar-refractivity contribution >= 4 is 12.4 Å². The van der Waals surface area contributed by atoms with Crippen molar-refractivity contribution in [3.8, 4) is 0 Å². The highest BCUT2D eigenvalue weighted by Gasteiger charge is 2.25. The molecule has 25 heavy (non-hydrogen) atoms. The molecule has 2 heterocycles. The van der Waals surface area contributed by atoms with Gasteiger partial charge in [-0.3, -0.25) is 4.90 Å². The Morgan fingerprint density at radius 2 is 1.92 bits per heavy atom. The van der Waals surface area contributed by atoms with Gasteiger partial charge in [-0.25, -0.2) is 4.68 Å². The quantitative estimate of drug-likeness (QED) is 0.906. The summed E-state index contributed by atoms with van der Waals surface area (Å²) in [5.41, 5.74) is 3.79. The second kappa shape index (κ2) is 8.30. The zero-order valence-electron chi connectivity index (χ0n) is 15.7. The molecule has 0 spiro atoms. The molecule has 1 aliphatic heterocycles. The van der Waals surface area contributed by atoms with Crippen molar-refractivity contribution in [1.82, 2.24) is 25.2 Å². The summed E-state index contributed by atoms with van der Waals surface area (Å²) in [6.07, 6.45) is 3.17. The van der Waals surface area contributed by atoms with Gasteiger partial charge in [0.1, 0.15) is 0 Å². The topological polar surface area (TPSA) is 46.0 Å². The maximum Gasteiger partial charge on any atom is 0.0967 e. The molecule has 1 aromatic heterocycles. The molecular weight excluding hydrogens is 334 g/mol. The van der Waals surface area contributed by atoms with Crippen molar-refractivity contribution in [2.45, 2.75) is 52.2 Å². The van der Waals surface area contributed by atoms with Crippen LogP contribution in [0.5, 0.6) is 0 Å². The van der Waals surface area contributed by atoms with E-state index in [9.17, 15) is 0 Å². The maximum atomic E-state index is 4.38. The first-order valence-electron chi connectivity index (χ1n) is 8.92. The molecule has 0 bridgehead atoms. The Bertz CT molecular complexity index is 659. The third-order valence-corrected chi connectivity index (χ3v) is 4.72. The third kappa shape index (κ3) is 4.81. The van der Waals surface area contributed by atoms with Crippen LogP contribution in [0.3, 0.4) is 0 Å². The van der Waals surface area contributed by atoms with E-state index in [1.54, 1.807) is 0 Å². The summed E-state index contributed by atoms with van der Waals surface area (Å²) < 4.78 is 1.95. The molecule has 0 aliphatic carbocycles. The lowest BCUT2D eigenvalue weighted by Gasteiger charge is -2.36. The number of halogens is 1. The third-order valence-electron chi connectivity index (χ3n) is 4.72. The van der Waals surface area contributed by atoms with Gasteiger partial charge < -0.3 is 5.32 Å². The number of hydrogen-bond donors (Lipinski definition) is 1. The van der Waals surface area contributed by atoms with Gasteiger partial charge in [0.2, 0.25) is 0 Å². The van der Waals surface area contributed by atoms with Gasteiger partial charge in [0, 0.05) is 32.2 Å². The minimum Gasteiger partial charge on any atom is -0.314 e. The molecule has 0 saturated carbocycles. The smallest absolute Gasteiger partial charge is 0.0967 e. The Morgan fingerprint density at radius 3 is 2.52 bits per heavy atom. The minimum absolute atomic E-state index is 0. The van der Waals surface area contributed by atoms with Crippen LogP contribution in [-0.2, 0) is 18.5 Å². The summed E-state index contributed by atoms with van der Waals surface area (Å²) in [7, 11) is 0. The van der Waals surface area contributed by atoms with E-state index in [-0.39, 0.29) is 17.9 Å². The van der Waals surface area contributed by atoms with Crippen LogP contribution in [0.25, 0.3) is 0 Å². The fourth-order valence-electron chi connectivity index (χ4n) is 3.15. The standard InChI is InChI=1S/C19H29N5.ClH/c1-5-15-6-8-16(9-7-15)18-12-20-10-11-23(18)13-17-14-24(22-21-17)19(2,3)4;/h6-9,14,18,20H,5,10-13H2,1-4H3;1H. The fourth-order valence-corrected chi connectivity index (χ4v) is 3.15. The van der Waals surface area contributed by atoms with Gasteiger partial charge in [-0.05, 0) is 38.3 Å². The van der Waals surface area contributed by atoms with Crippen molar-refractivity contribution in [3.63, 3.8) is 0 Å². The Morgan fingerprint density at radius 1 is 1.20 bits per heavy atom. The number of benzene rings is 1. The minimum atomic E-state index is -0.0237. The molecule has 1 atom stereocenters. The Balaban J connectivity index is 0.00000225. The van der Waals surface area contributed by atoms with Crippen LogP contribution in [0.4, 0.5) is 0 Å². The van der Waals surface area contributed by atoms with Gasteiger partial charge in [0.05, 0.1) is 17.4 Å². The summed E-state index contributed by atoms with van der Waals surface area (Å²) in [5, 5.41) is 12.2. The van der Waals surface area contributed by atoms with E-state index in [2.05, 4.69) is 78.7 Å². The molecule has 1 N–H and O–H groups in total. The lowest BCUT2D eigenvalue weighted by molar-refractivity contribution is 0.152. The second-order valence-electron chi connectivity index (χ2n) is 7.61. The fraction of sp³-hybridized carbons (Fsp3) is 0.579. The molecular formula is C19H30ClN5. The summed E-state index contributed by atoms with van der Waals surface area (Å²) >= 11 is 0. The molecule has 0 radical (unpaired) electrons. The van der Waals surface area contributed by atoms with Gasteiger partial charge in [-0.2, -0.15) is 0 Å². The second-order valence-corrected chi connectivity index (χ2v) is 7.61. The normalized spacial score (nSPS) is 18.8. The van der Waals surface area contributed by atoms with Crippen molar-refractivity contribution in [3.05, 3.63) is 47.3 Å². The molecule has 3 rings (SSSR count). The number of aryl methyl sites for hydroxylation is 1. The summed E-state index contributed by atoms with van der Waals surface area (Å²) in [6.45, 7) is 12.5. The van der Waals surface area contributed by atoms with E-state index in [0.29, 0.717) is 6.04 Å². The van der Waals surface area contributed by atoms with Crippen LogP contribution in [0.2, 0.25) is 0 Å². The van der Waals surface area contributed by atoms with Crippen LogP contribution in [-0.4, -0.2) is 39.5 Å². The number of piperazine rings is 1. The molecule has 138 valence electrons. The first-order chi connectivity index (χ1) is 11.5. The molecule has 1 saturated heterocycles. The molecule has 1 unspecified atom stereocenters. The highest BCUT2D eigenvalue weighted by Crippen LogP contribution is 2.24. The molecule has 1 fully saturated rings. The predicted octanol–water partition coefficient (Wildman–Crippen LogP) is 3.16. The number of aromatic nitrogens is 3. The average molecular weight is 364 g/mol. The Kier molecular flexibility index (Phi) is 6.60. The molecule has 1 aliphatic rings. The maximum absolute atomic E-state index is 4.38. The molecule has 6 heteroatoms. The summed E-state index contributed by atoms with van der Waals surface area (Å²) in [6, 6.07) is 9.44. The lowest BCUT2D eigenvalue weighted by atomic mass is 10.0.